The molecule has 0 aliphatic rings. The van der Waals surface area contributed by atoms with Crippen molar-refractivity contribution in [2.45, 2.75) is 45.6 Å². The molecule has 1 atom stereocenters. The number of primary amides is 1. The van der Waals surface area contributed by atoms with Crippen molar-refractivity contribution in [3.05, 3.63) is 0 Å². The number of hydrogen-bond acceptors (Lipinski definition) is 3. The van der Waals surface area contributed by atoms with E-state index >= 15 is 0 Å². The van der Waals surface area contributed by atoms with Gasteiger partial charge < -0.3 is 15.6 Å². The molecule has 0 aliphatic heterocycles. The maximum atomic E-state index is 10.6. The van der Waals surface area contributed by atoms with Gasteiger partial charge in [0, 0.05) is 6.61 Å². The molecule has 0 bridgehead atoms. The van der Waals surface area contributed by atoms with Crippen molar-refractivity contribution in [1.29, 1.82) is 0 Å². The minimum absolute atomic E-state index is 0.124. The van der Waals surface area contributed by atoms with Crippen molar-refractivity contribution < 1.29 is 14.6 Å². The summed E-state index contributed by atoms with van der Waals surface area (Å²) >= 11 is 0. The molecular formula is C10H21NO3. The third kappa shape index (κ3) is 5.80. The molecule has 84 valence electrons. The van der Waals surface area contributed by atoms with Crippen molar-refractivity contribution in [3.8, 4) is 0 Å². The van der Waals surface area contributed by atoms with E-state index in [1.807, 2.05) is 0 Å². The Morgan fingerprint density at radius 3 is 2.50 bits per heavy atom. The molecule has 1 amide bonds. The molecule has 0 unspecified atom stereocenters. The van der Waals surface area contributed by atoms with Gasteiger partial charge >= 0.3 is 6.09 Å². The van der Waals surface area contributed by atoms with Crippen LogP contribution >= 0.6 is 0 Å². The molecule has 0 saturated heterocycles. The molecule has 0 fully saturated rings. The van der Waals surface area contributed by atoms with Gasteiger partial charge in [0.1, 0.15) is 5.60 Å². The molecule has 0 aromatic carbocycles. The Morgan fingerprint density at radius 1 is 1.57 bits per heavy atom. The molecule has 0 heterocycles. The highest BCUT2D eigenvalue weighted by atomic mass is 16.6. The molecule has 0 rings (SSSR count). The summed E-state index contributed by atoms with van der Waals surface area (Å²) in [6.07, 6.45) is 1.82. The lowest BCUT2D eigenvalue weighted by Gasteiger charge is -2.27. The van der Waals surface area contributed by atoms with E-state index in [1.54, 1.807) is 13.8 Å². The first-order valence-corrected chi connectivity index (χ1v) is 5.00. The summed E-state index contributed by atoms with van der Waals surface area (Å²) in [7, 11) is 0. The quantitative estimate of drug-likeness (QED) is 0.689. The van der Waals surface area contributed by atoms with Crippen molar-refractivity contribution >= 4 is 6.09 Å². The number of aliphatic hydroxyl groups excluding tert-OH is 1. The van der Waals surface area contributed by atoms with Gasteiger partial charge in [0.15, 0.2) is 0 Å². The van der Waals surface area contributed by atoms with Crippen LogP contribution in [0.5, 0.6) is 0 Å². The van der Waals surface area contributed by atoms with Crippen LogP contribution in [0.25, 0.3) is 0 Å². The Kier molecular flexibility index (Phi) is 5.53. The zero-order valence-corrected chi connectivity index (χ0v) is 9.25. The second-order valence-electron chi connectivity index (χ2n) is 4.22. The predicted octanol–water partition coefficient (Wildman–Crippen LogP) is 1.66. The molecule has 0 aromatic rings. The second kappa shape index (κ2) is 5.86. The zero-order chi connectivity index (χ0) is 11.2. The molecule has 0 radical (unpaired) electrons. The van der Waals surface area contributed by atoms with Crippen molar-refractivity contribution in [2.75, 3.05) is 6.61 Å². The average Bonchev–Trinajstić information content (AvgIpc) is 2.00. The van der Waals surface area contributed by atoms with Crippen LogP contribution in [0.15, 0.2) is 0 Å². The first-order chi connectivity index (χ1) is 6.41. The minimum atomic E-state index is -0.761. The van der Waals surface area contributed by atoms with Crippen LogP contribution < -0.4 is 5.73 Å². The molecule has 3 N–H and O–H groups in total. The molecule has 0 aromatic heterocycles. The van der Waals surface area contributed by atoms with Crippen LogP contribution in [-0.4, -0.2) is 23.4 Å². The third-order valence-electron chi connectivity index (χ3n) is 2.11. The fraction of sp³-hybridized carbons (Fsp3) is 0.900. The molecule has 0 saturated carbocycles. The maximum Gasteiger partial charge on any atom is 0.405 e. The van der Waals surface area contributed by atoms with E-state index in [9.17, 15) is 4.79 Å². The molecular weight excluding hydrogens is 182 g/mol. The summed E-state index contributed by atoms with van der Waals surface area (Å²) in [4.78, 5) is 10.6. The van der Waals surface area contributed by atoms with Gasteiger partial charge in [-0.05, 0) is 32.6 Å². The van der Waals surface area contributed by atoms with E-state index in [4.69, 9.17) is 15.6 Å². The summed E-state index contributed by atoms with van der Waals surface area (Å²) < 4.78 is 4.94. The molecule has 0 spiro atoms. The van der Waals surface area contributed by atoms with Gasteiger partial charge in [-0.15, -0.1) is 0 Å². The van der Waals surface area contributed by atoms with Gasteiger partial charge in [0.05, 0.1) is 0 Å². The Labute approximate surface area is 85.4 Å². The summed E-state index contributed by atoms with van der Waals surface area (Å²) in [5.74, 6) is 0.175. The first-order valence-electron chi connectivity index (χ1n) is 5.00. The summed E-state index contributed by atoms with van der Waals surface area (Å²) in [6, 6.07) is 0. The standard InChI is InChI=1S/C10H21NO3/c1-4-5-8(7-12)6-10(2,3)14-9(11)13/h8,12H,4-7H2,1-3H3,(H2,11,13)/t8-/m1/s1. The predicted molar refractivity (Wildman–Crippen MR) is 54.8 cm³/mol. The molecule has 4 nitrogen and oxygen atoms in total. The van der Waals surface area contributed by atoms with E-state index in [-0.39, 0.29) is 12.5 Å². The van der Waals surface area contributed by atoms with Crippen molar-refractivity contribution in [2.24, 2.45) is 11.7 Å². The number of rotatable bonds is 6. The van der Waals surface area contributed by atoms with E-state index in [0.717, 1.165) is 12.8 Å². The number of amides is 1. The molecule has 4 heteroatoms. The van der Waals surface area contributed by atoms with Gasteiger partial charge in [-0.3, -0.25) is 0 Å². The third-order valence-corrected chi connectivity index (χ3v) is 2.11. The van der Waals surface area contributed by atoms with Crippen LogP contribution in [0, 0.1) is 5.92 Å². The summed E-state index contributed by atoms with van der Waals surface area (Å²) in [5.41, 5.74) is 4.36. The number of ether oxygens (including phenoxy) is 1. The Hall–Kier alpha value is -0.770. The van der Waals surface area contributed by atoms with Gasteiger partial charge in [-0.2, -0.15) is 0 Å². The van der Waals surface area contributed by atoms with Crippen molar-refractivity contribution in [3.63, 3.8) is 0 Å². The highest BCUT2D eigenvalue weighted by Gasteiger charge is 2.25. The maximum absolute atomic E-state index is 10.6. The Morgan fingerprint density at radius 2 is 2.14 bits per heavy atom. The van der Waals surface area contributed by atoms with Crippen LogP contribution in [0.4, 0.5) is 4.79 Å². The smallest absolute Gasteiger partial charge is 0.405 e. The first kappa shape index (κ1) is 13.2. The lowest BCUT2D eigenvalue weighted by Crippen LogP contribution is -2.34. The van der Waals surface area contributed by atoms with Crippen LogP contribution in [0.2, 0.25) is 0 Å². The topological polar surface area (TPSA) is 72.6 Å². The zero-order valence-electron chi connectivity index (χ0n) is 9.25. The van der Waals surface area contributed by atoms with E-state index < -0.39 is 11.7 Å². The number of hydrogen-bond donors (Lipinski definition) is 2. The van der Waals surface area contributed by atoms with Crippen LogP contribution in [0.1, 0.15) is 40.0 Å². The average molecular weight is 203 g/mol. The van der Waals surface area contributed by atoms with E-state index in [2.05, 4.69) is 6.92 Å². The van der Waals surface area contributed by atoms with Crippen LogP contribution in [-0.2, 0) is 4.74 Å². The Balaban J connectivity index is 4.09. The number of carbonyl (C=O) groups is 1. The largest absolute Gasteiger partial charge is 0.444 e. The lowest BCUT2D eigenvalue weighted by molar-refractivity contribution is 0.0170. The number of aliphatic hydroxyl groups is 1. The van der Waals surface area contributed by atoms with Crippen molar-refractivity contribution in [1.82, 2.24) is 0 Å². The second-order valence-corrected chi connectivity index (χ2v) is 4.22. The van der Waals surface area contributed by atoms with Gasteiger partial charge in [-0.25, -0.2) is 4.79 Å². The highest BCUT2D eigenvalue weighted by Crippen LogP contribution is 2.23. The molecule has 14 heavy (non-hydrogen) atoms. The van der Waals surface area contributed by atoms with Gasteiger partial charge in [0.25, 0.3) is 0 Å². The van der Waals surface area contributed by atoms with Gasteiger partial charge in [0.2, 0.25) is 0 Å². The van der Waals surface area contributed by atoms with Crippen LogP contribution in [0.3, 0.4) is 0 Å². The normalized spacial score (nSPS) is 13.7. The van der Waals surface area contributed by atoms with Gasteiger partial charge in [-0.1, -0.05) is 13.3 Å². The fourth-order valence-electron chi connectivity index (χ4n) is 1.68. The summed E-state index contributed by atoms with van der Waals surface area (Å²) in [6.45, 7) is 5.79. The number of carbonyl (C=O) groups excluding carboxylic acids is 1. The SMILES string of the molecule is CCC[C@@H](CO)CC(C)(C)OC(N)=O. The minimum Gasteiger partial charge on any atom is -0.444 e. The number of nitrogens with two attached hydrogens (primary N) is 1. The fourth-order valence-corrected chi connectivity index (χ4v) is 1.68. The summed E-state index contributed by atoms with van der Waals surface area (Å²) in [5, 5.41) is 9.08. The van der Waals surface area contributed by atoms with E-state index in [1.165, 1.54) is 0 Å². The highest BCUT2D eigenvalue weighted by molar-refractivity contribution is 5.65. The Bertz CT molecular complexity index is 180. The monoisotopic (exact) mass is 203 g/mol. The lowest BCUT2D eigenvalue weighted by atomic mass is 9.91. The van der Waals surface area contributed by atoms with E-state index in [0.29, 0.717) is 6.42 Å². The molecule has 0 aliphatic carbocycles.